The number of aromatic nitrogens is 1. The molecule has 0 aliphatic carbocycles. The van der Waals surface area contributed by atoms with Crippen LogP contribution in [0.5, 0.6) is 0 Å². The molecular formula is C16H23N3O. The molecule has 4 heteroatoms. The molecular weight excluding hydrogens is 250 g/mol. The molecule has 0 saturated carbocycles. The molecule has 2 atom stereocenters. The molecule has 4 nitrogen and oxygen atoms in total. The van der Waals surface area contributed by atoms with Gasteiger partial charge in [-0.1, -0.05) is 6.07 Å². The summed E-state index contributed by atoms with van der Waals surface area (Å²) in [6.07, 6.45) is 6.94. The molecule has 1 amide bonds. The number of rotatable bonds is 3. The van der Waals surface area contributed by atoms with E-state index in [1.807, 2.05) is 19.1 Å². The lowest BCUT2D eigenvalue weighted by molar-refractivity contribution is -0.131. The van der Waals surface area contributed by atoms with Crippen LogP contribution < -0.4 is 5.32 Å². The number of carbonyl (C=O) groups excluding carboxylic acids is 1. The van der Waals surface area contributed by atoms with E-state index in [2.05, 4.69) is 15.2 Å². The van der Waals surface area contributed by atoms with E-state index in [1.54, 1.807) is 6.20 Å². The van der Waals surface area contributed by atoms with Crippen LogP contribution in [0.15, 0.2) is 18.3 Å². The molecule has 0 aromatic carbocycles. The van der Waals surface area contributed by atoms with Gasteiger partial charge in [0, 0.05) is 24.8 Å². The molecule has 20 heavy (non-hydrogen) atoms. The monoisotopic (exact) mass is 273 g/mol. The summed E-state index contributed by atoms with van der Waals surface area (Å²) in [5.41, 5.74) is 2.03. The average Bonchev–Trinajstić information content (AvgIpc) is 3.11. The Labute approximate surface area is 120 Å². The van der Waals surface area contributed by atoms with E-state index in [0.29, 0.717) is 18.5 Å². The summed E-state index contributed by atoms with van der Waals surface area (Å²) in [7, 11) is 0. The Balaban J connectivity index is 1.68. The van der Waals surface area contributed by atoms with Crippen LogP contribution in [0.4, 0.5) is 0 Å². The van der Waals surface area contributed by atoms with Crippen LogP contribution in [0, 0.1) is 6.92 Å². The highest BCUT2D eigenvalue weighted by atomic mass is 16.2. The minimum absolute atomic E-state index is 0.239. The van der Waals surface area contributed by atoms with Crippen molar-refractivity contribution < 1.29 is 4.79 Å². The van der Waals surface area contributed by atoms with Gasteiger partial charge in [-0.05, 0) is 50.8 Å². The number of pyridine rings is 1. The van der Waals surface area contributed by atoms with Crippen LogP contribution >= 0.6 is 0 Å². The van der Waals surface area contributed by atoms with Gasteiger partial charge in [-0.15, -0.1) is 0 Å². The maximum absolute atomic E-state index is 12.6. The molecule has 2 aliphatic rings. The predicted octanol–water partition coefficient (Wildman–Crippen LogP) is 1.68. The molecule has 2 fully saturated rings. The van der Waals surface area contributed by atoms with Gasteiger partial charge in [0.05, 0.1) is 12.1 Å². The average molecular weight is 273 g/mol. The van der Waals surface area contributed by atoms with Crippen molar-refractivity contribution >= 4 is 5.91 Å². The summed E-state index contributed by atoms with van der Waals surface area (Å²) in [5.74, 6) is 0.239. The first-order valence-electron chi connectivity index (χ1n) is 7.69. The summed E-state index contributed by atoms with van der Waals surface area (Å²) < 4.78 is 0. The second-order valence-electron chi connectivity index (χ2n) is 5.94. The van der Waals surface area contributed by atoms with Crippen molar-refractivity contribution in [1.29, 1.82) is 0 Å². The summed E-state index contributed by atoms with van der Waals surface area (Å²) >= 11 is 0. The van der Waals surface area contributed by atoms with Gasteiger partial charge in [-0.25, -0.2) is 0 Å². The SMILES string of the molecule is Cc1cccnc1CC(=O)N1CCCC1C1CCCN1. The van der Waals surface area contributed by atoms with E-state index in [0.717, 1.165) is 37.2 Å². The third-order valence-electron chi connectivity index (χ3n) is 4.62. The van der Waals surface area contributed by atoms with E-state index >= 15 is 0 Å². The van der Waals surface area contributed by atoms with Gasteiger partial charge in [-0.3, -0.25) is 9.78 Å². The quantitative estimate of drug-likeness (QED) is 0.911. The Kier molecular flexibility index (Phi) is 4.01. The Bertz CT molecular complexity index is 482. The Hall–Kier alpha value is -1.42. The zero-order valence-electron chi connectivity index (χ0n) is 12.1. The van der Waals surface area contributed by atoms with E-state index < -0.39 is 0 Å². The molecule has 3 rings (SSSR count). The second-order valence-corrected chi connectivity index (χ2v) is 5.94. The third-order valence-corrected chi connectivity index (χ3v) is 4.62. The number of nitrogens with zero attached hydrogens (tertiary/aromatic N) is 2. The number of nitrogens with one attached hydrogen (secondary N) is 1. The predicted molar refractivity (Wildman–Crippen MR) is 78.4 cm³/mol. The van der Waals surface area contributed by atoms with E-state index in [-0.39, 0.29) is 5.91 Å². The first-order valence-corrected chi connectivity index (χ1v) is 7.69. The van der Waals surface area contributed by atoms with Gasteiger partial charge < -0.3 is 10.2 Å². The number of likely N-dealkylation sites (tertiary alicyclic amines) is 1. The van der Waals surface area contributed by atoms with Crippen LogP contribution in [0.1, 0.15) is 36.9 Å². The van der Waals surface area contributed by atoms with Gasteiger partial charge in [0.1, 0.15) is 0 Å². The Morgan fingerprint density at radius 3 is 3.10 bits per heavy atom. The number of aryl methyl sites for hydroxylation is 1. The standard InChI is InChI=1S/C16H23N3O/c1-12-5-2-8-18-14(12)11-16(20)19-10-4-7-15(19)13-6-3-9-17-13/h2,5,8,13,15,17H,3-4,6-7,9-11H2,1H3. The van der Waals surface area contributed by atoms with Gasteiger partial charge >= 0.3 is 0 Å². The normalized spacial score (nSPS) is 26.1. The fourth-order valence-corrected chi connectivity index (χ4v) is 3.51. The van der Waals surface area contributed by atoms with Crippen LogP contribution in [0.2, 0.25) is 0 Å². The Morgan fingerprint density at radius 2 is 2.35 bits per heavy atom. The highest BCUT2D eigenvalue weighted by Gasteiger charge is 2.35. The topological polar surface area (TPSA) is 45.2 Å². The maximum atomic E-state index is 12.6. The molecule has 0 bridgehead atoms. The molecule has 1 aromatic heterocycles. The van der Waals surface area contributed by atoms with Crippen molar-refractivity contribution in [1.82, 2.24) is 15.2 Å². The molecule has 108 valence electrons. The molecule has 2 unspecified atom stereocenters. The molecule has 0 spiro atoms. The van der Waals surface area contributed by atoms with Crippen molar-refractivity contribution in [2.75, 3.05) is 13.1 Å². The number of carbonyl (C=O) groups is 1. The van der Waals surface area contributed by atoms with E-state index in [1.165, 1.54) is 12.8 Å². The lowest BCUT2D eigenvalue weighted by atomic mass is 10.0. The summed E-state index contributed by atoms with van der Waals surface area (Å²) in [4.78, 5) is 19.0. The van der Waals surface area contributed by atoms with Gasteiger partial charge in [0.15, 0.2) is 0 Å². The Morgan fingerprint density at radius 1 is 1.45 bits per heavy atom. The van der Waals surface area contributed by atoms with E-state index in [4.69, 9.17) is 0 Å². The second kappa shape index (κ2) is 5.92. The number of hydrogen-bond acceptors (Lipinski definition) is 3. The first kappa shape index (κ1) is 13.6. The first-order chi connectivity index (χ1) is 9.75. The molecule has 2 saturated heterocycles. The molecule has 1 N–H and O–H groups in total. The lowest BCUT2D eigenvalue weighted by Crippen LogP contribution is -2.47. The fraction of sp³-hybridized carbons (Fsp3) is 0.625. The van der Waals surface area contributed by atoms with Crippen molar-refractivity contribution in [2.45, 2.75) is 51.1 Å². The van der Waals surface area contributed by atoms with Crippen LogP contribution in [0.25, 0.3) is 0 Å². The fourth-order valence-electron chi connectivity index (χ4n) is 3.51. The maximum Gasteiger partial charge on any atom is 0.228 e. The van der Waals surface area contributed by atoms with Crippen molar-refractivity contribution in [3.8, 4) is 0 Å². The molecule has 1 aromatic rings. The van der Waals surface area contributed by atoms with Crippen LogP contribution in [-0.2, 0) is 11.2 Å². The minimum Gasteiger partial charge on any atom is -0.338 e. The zero-order chi connectivity index (χ0) is 13.9. The van der Waals surface area contributed by atoms with Crippen LogP contribution in [0.3, 0.4) is 0 Å². The van der Waals surface area contributed by atoms with Crippen molar-refractivity contribution in [3.05, 3.63) is 29.6 Å². The number of amides is 1. The molecule has 3 heterocycles. The summed E-state index contributed by atoms with van der Waals surface area (Å²) in [6.45, 7) is 4.03. The van der Waals surface area contributed by atoms with Crippen molar-refractivity contribution in [3.63, 3.8) is 0 Å². The summed E-state index contributed by atoms with van der Waals surface area (Å²) in [5, 5.41) is 3.55. The van der Waals surface area contributed by atoms with Gasteiger partial charge in [0.2, 0.25) is 5.91 Å². The van der Waals surface area contributed by atoms with Gasteiger partial charge in [-0.2, -0.15) is 0 Å². The largest absolute Gasteiger partial charge is 0.338 e. The summed E-state index contributed by atoms with van der Waals surface area (Å²) in [6, 6.07) is 4.85. The highest BCUT2D eigenvalue weighted by molar-refractivity contribution is 5.79. The lowest BCUT2D eigenvalue weighted by Gasteiger charge is -2.29. The number of hydrogen-bond donors (Lipinski definition) is 1. The highest BCUT2D eigenvalue weighted by Crippen LogP contribution is 2.25. The van der Waals surface area contributed by atoms with Crippen LogP contribution in [-0.4, -0.2) is 41.0 Å². The van der Waals surface area contributed by atoms with E-state index in [9.17, 15) is 4.79 Å². The smallest absolute Gasteiger partial charge is 0.228 e. The minimum atomic E-state index is 0.239. The molecule has 2 aliphatic heterocycles. The third kappa shape index (κ3) is 2.70. The molecule has 0 radical (unpaired) electrons. The van der Waals surface area contributed by atoms with Crippen molar-refractivity contribution in [2.24, 2.45) is 0 Å². The zero-order valence-corrected chi connectivity index (χ0v) is 12.1. The van der Waals surface area contributed by atoms with Gasteiger partial charge in [0.25, 0.3) is 0 Å².